The Hall–Kier alpha value is -0.340. The van der Waals surface area contributed by atoms with Crippen LogP contribution in [0.3, 0.4) is 0 Å². The second-order valence-corrected chi connectivity index (χ2v) is 4.48. The van der Waals surface area contributed by atoms with E-state index < -0.39 is 0 Å². The first-order valence-electron chi connectivity index (χ1n) is 6.26. The van der Waals surface area contributed by atoms with Gasteiger partial charge in [0.05, 0.1) is 6.10 Å². The molecule has 0 saturated carbocycles. The average Bonchev–Trinajstić information content (AvgIpc) is 2.77. The average molecular weight is 211 g/mol. The molecule has 15 heavy (non-hydrogen) atoms. The van der Waals surface area contributed by atoms with Gasteiger partial charge in [-0.15, -0.1) is 6.58 Å². The van der Waals surface area contributed by atoms with Gasteiger partial charge in [0.15, 0.2) is 0 Å². The van der Waals surface area contributed by atoms with Crippen LogP contribution < -0.4 is 5.32 Å². The van der Waals surface area contributed by atoms with Crippen LogP contribution in [0.4, 0.5) is 0 Å². The van der Waals surface area contributed by atoms with Crippen LogP contribution in [0.5, 0.6) is 0 Å². The van der Waals surface area contributed by atoms with E-state index in [4.69, 9.17) is 4.74 Å². The molecule has 0 unspecified atom stereocenters. The molecule has 1 fully saturated rings. The summed E-state index contributed by atoms with van der Waals surface area (Å²) < 4.78 is 5.68. The SMILES string of the molecule is C=CCC[C@H](CC)N[C@H](C)[C@@H]1CCCO1. The topological polar surface area (TPSA) is 21.3 Å². The first-order chi connectivity index (χ1) is 7.27. The highest BCUT2D eigenvalue weighted by Gasteiger charge is 2.23. The highest BCUT2D eigenvalue weighted by Crippen LogP contribution is 2.16. The van der Waals surface area contributed by atoms with Gasteiger partial charge in [-0.05, 0) is 39.0 Å². The predicted molar refractivity (Wildman–Crippen MR) is 65.1 cm³/mol. The van der Waals surface area contributed by atoms with Crippen molar-refractivity contribution in [1.82, 2.24) is 5.32 Å². The lowest BCUT2D eigenvalue weighted by Gasteiger charge is -2.25. The molecule has 2 heteroatoms. The van der Waals surface area contributed by atoms with Gasteiger partial charge in [-0.1, -0.05) is 13.0 Å². The van der Waals surface area contributed by atoms with Crippen LogP contribution in [0.15, 0.2) is 12.7 Å². The summed E-state index contributed by atoms with van der Waals surface area (Å²) in [7, 11) is 0. The molecule has 0 aromatic rings. The predicted octanol–water partition coefficient (Wildman–Crippen LogP) is 2.89. The standard InChI is InChI=1S/C13H25NO/c1-4-6-8-12(5-2)14-11(3)13-9-7-10-15-13/h4,11-14H,1,5-10H2,2-3H3/t11-,12+,13+/m1/s1. The van der Waals surface area contributed by atoms with E-state index in [1.54, 1.807) is 0 Å². The van der Waals surface area contributed by atoms with Gasteiger partial charge in [-0.25, -0.2) is 0 Å². The molecular weight excluding hydrogens is 186 g/mol. The van der Waals surface area contributed by atoms with Gasteiger partial charge in [0, 0.05) is 18.7 Å². The lowest BCUT2D eigenvalue weighted by molar-refractivity contribution is 0.0790. The second-order valence-electron chi connectivity index (χ2n) is 4.48. The highest BCUT2D eigenvalue weighted by atomic mass is 16.5. The zero-order valence-corrected chi connectivity index (χ0v) is 10.2. The van der Waals surface area contributed by atoms with Crippen molar-refractivity contribution < 1.29 is 4.74 Å². The smallest absolute Gasteiger partial charge is 0.0726 e. The Morgan fingerprint density at radius 1 is 1.60 bits per heavy atom. The Bertz CT molecular complexity index is 175. The van der Waals surface area contributed by atoms with E-state index in [1.165, 1.54) is 25.7 Å². The summed E-state index contributed by atoms with van der Waals surface area (Å²) in [6, 6.07) is 1.10. The Morgan fingerprint density at radius 3 is 2.93 bits per heavy atom. The summed E-state index contributed by atoms with van der Waals surface area (Å²) in [5.41, 5.74) is 0. The molecule has 0 aromatic carbocycles. The number of hydrogen-bond donors (Lipinski definition) is 1. The maximum absolute atomic E-state index is 5.68. The van der Waals surface area contributed by atoms with Crippen LogP contribution in [0, 0.1) is 0 Å². The third-order valence-electron chi connectivity index (χ3n) is 3.23. The molecule has 1 aliphatic rings. The molecule has 3 atom stereocenters. The van der Waals surface area contributed by atoms with Gasteiger partial charge in [0.1, 0.15) is 0 Å². The van der Waals surface area contributed by atoms with E-state index in [0.717, 1.165) is 13.0 Å². The summed E-state index contributed by atoms with van der Waals surface area (Å²) in [4.78, 5) is 0. The fourth-order valence-electron chi connectivity index (χ4n) is 2.20. The Balaban J connectivity index is 2.26. The van der Waals surface area contributed by atoms with Gasteiger partial charge in [-0.3, -0.25) is 0 Å². The van der Waals surface area contributed by atoms with E-state index in [0.29, 0.717) is 18.2 Å². The van der Waals surface area contributed by atoms with Crippen molar-refractivity contribution in [1.29, 1.82) is 0 Å². The minimum absolute atomic E-state index is 0.433. The van der Waals surface area contributed by atoms with Gasteiger partial charge >= 0.3 is 0 Å². The van der Waals surface area contributed by atoms with E-state index in [9.17, 15) is 0 Å². The summed E-state index contributed by atoms with van der Waals surface area (Å²) in [6.45, 7) is 9.20. The molecule has 0 radical (unpaired) electrons. The third-order valence-corrected chi connectivity index (χ3v) is 3.23. The van der Waals surface area contributed by atoms with Crippen LogP contribution in [0.25, 0.3) is 0 Å². The summed E-state index contributed by atoms with van der Waals surface area (Å²) in [5.74, 6) is 0. The molecule has 1 aliphatic heterocycles. The Kier molecular flexibility index (Phi) is 5.96. The maximum Gasteiger partial charge on any atom is 0.0726 e. The fourth-order valence-corrected chi connectivity index (χ4v) is 2.20. The second kappa shape index (κ2) is 7.02. The number of rotatable bonds is 7. The zero-order valence-electron chi connectivity index (χ0n) is 10.2. The fraction of sp³-hybridized carbons (Fsp3) is 0.846. The van der Waals surface area contributed by atoms with Crippen LogP contribution in [-0.4, -0.2) is 24.8 Å². The summed E-state index contributed by atoms with van der Waals surface area (Å²) >= 11 is 0. The molecule has 2 nitrogen and oxygen atoms in total. The van der Waals surface area contributed by atoms with E-state index >= 15 is 0 Å². The molecule has 0 spiro atoms. The summed E-state index contributed by atoms with van der Waals surface area (Å²) in [5, 5.41) is 3.67. The number of hydrogen-bond acceptors (Lipinski definition) is 2. The van der Waals surface area contributed by atoms with E-state index in [2.05, 4.69) is 25.7 Å². The lowest BCUT2D eigenvalue weighted by atomic mass is 10.0. The van der Waals surface area contributed by atoms with Crippen molar-refractivity contribution in [3.05, 3.63) is 12.7 Å². The van der Waals surface area contributed by atoms with Crippen LogP contribution >= 0.6 is 0 Å². The van der Waals surface area contributed by atoms with Crippen LogP contribution in [0.1, 0.15) is 46.0 Å². The monoisotopic (exact) mass is 211 g/mol. The highest BCUT2D eigenvalue weighted by molar-refractivity contribution is 4.81. The van der Waals surface area contributed by atoms with E-state index in [1.807, 2.05) is 6.08 Å². The molecule has 88 valence electrons. The molecule has 1 heterocycles. The molecule has 1 rings (SSSR count). The largest absolute Gasteiger partial charge is 0.377 e. The van der Waals surface area contributed by atoms with Crippen molar-refractivity contribution >= 4 is 0 Å². The Morgan fingerprint density at radius 2 is 2.40 bits per heavy atom. The van der Waals surface area contributed by atoms with Gasteiger partial charge in [-0.2, -0.15) is 0 Å². The van der Waals surface area contributed by atoms with Gasteiger partial charge < -0.3 is 10.1 Å². The van der Waals surface area contributed by atoms with Crippen molar-refractivity contribution in [3.8, 4) is 0 Å². The third kappa shape index (κ3) is 4.35. The quantitative estimate of drug-likeness (QED) is 0.654. The van der Waals surface area contributed by atoms with Crippen molar-refractivity contribution in [2.24, 2.45) is 0 Å². The number of allylic oxidation sites excluding steroid dienone is 1. The number of ether oxygens (including phenoxy) is 1. The maximum atomic E-state index is 5.68. The van der Waals surface area contributed by atoms with Crippen molar-refractivity contribution in [2.45, 2.75) is 64.1 Å². The zero-order chi connectivity index (χ0) is 11.1. The first-order valence-corrected chi connectivity index (χ1v) is 6.26. The lowest BCUT2D eigenvalue weighted by Crippen LogP contribution is -2.43. The Labute approximate surface area is 94.1 Å². The molecule has 0 aliphatic carbocycles. The molecule has 0 amide bonds. The number of nitrogens with one attached hydrogen (secondary N) is 1. The minimum atomic E-state index is 0.433. The van der Waals surface area contributed by atoms with Gasteiger partial charge in [0.25, 0.3) is 0 Å². The van der Waals surface area contributed by atoms with E-state index in [-0.39, 0.29) is 0 Å². The molecule has 1 N–H and O–H groups in total. The van der Waals surface area contributed by atoms with Crippen molar-refractivity contribution in [3.63, 3.8) is 0 Å². The molecular formula is C13H25NO. The normalized spacial score (nSPS) is 25.1. The van der Waals surface area contributed by atoms with Crippen LogP contribution in [-0.2, 0) is 4.74 Å². The van der Waals surface area contributed by atoms with Crippen LogP contribution in [0.2, 0.25) is 0 Å². The minimum Gasteiger partial charge on any atom is -0.377 e. The molecule has 0 aromatic heterocycles. The first kappa shape index (κ1) is 12.7. The van der Waals surface area contributed by atoms with Gasteiger partial charge in [0.2, 0.25) is 0 Å². The summed E-state index contributed by atoms with van der Waals surface area (Å²) in [6.07, 6.45) is 8.35. The molecule has 1 saturated heterocycles. The molecule has 0 bridgehead atoms. The van der Waals surface area contributed by atoms with Crippen molar-refractivity contribution in [2.75, 3.05) is 6.61 Å².